The van der Waals surface area contributed by atoms with Gasteiger partial charge in [0, 0.05) is 17.0 Å². The Balaban J connectivity index is 1.42. The van der Waals surface area contributed by atoms with Crippen LogP contribution in [0, 0.1) is 6.92 Å². The average Bonchev–Trinajstić information content (AvgIpc) is 3.69. The molecule has 1 amide bonds. The molecule has 9 nitrogen and oxygen atoms in total. The van der Waals surface area contributed by atoms with Crippen LogP contribution in [-0.2, 0) is 15.3 Å². The summed E-state index contributed by atoms with van der Waals surface area (Å²) in [6.07, 6.45) is 2.61. The van der Waals surface area contributed by atoms with E-state index >= 15 is 0 Å². The number of amides is 1. The number of Topliss-reactive ketones (excluding diaryl/α,β-unsaturated/α-hetero) is 1. The number of anilines is 1. The van der Waals surface area contributed by atoms with E-state index in [1.54, 1.807) is 53.9 Å². The minimum atomic E-state index is -0.948. The maximum absolute atomic E-state index is 13.7. The van der Waals surface area contributed by atoms with Crippen LogP contribution in [0.3, 0.4) is 0 Å². The first-order chi connectivity index (χ1) is 20.9. The number of aliphatic hydroxyl groups excluding tert-OH is 1. The number of aromatic nitrogens is 4. The van der Waals surface area contributed by atoms with Crippen LogP contribution in [0.2, 0.25) is 5.02 Å². The van der Waals surface area contributed by atoms with Crippen LogP contribution < -0.4 is 9.64 Å². The molecule has 4 heterocycles. The van der Waals surface area contributed by atoms with Crippen LogP contribution in [0.15, 0.2) is 82.8 Å². The van der Waals surface area contributed by atoms with Gasteiger partial charge in [-0.2, -0.15) is 0 Å². The topological polar surface area (TPSA) is 110 Å². The summed E-state index contributed by atoms with van der Waals surface area (Å²) in [5.41, 5.74) is 3.09. The van der Waals surface area contributed by atoms with E-state index in [2.05, 4.69) is 15.2 Å². The zero-order chi connectivity index (χ0) is 30.1. The third-order valence-corrected chi connectivity index (χ3v) is 9.30. The van der Waals surface area contributed by atoms with Crippen LogP contribution in [0.1, 0.15) is 41.9 Å². The molecule has 1 fully saturated rings. The van der Waals surface area contributed by atoms with Crippen molar-refractivity contribution in [1.82, 2.24) is 19.6 Å². The summed E-state index contributed by atoms with van der Waals surface area (Å²) in [4.78, 5) is 33.2. The van der Waals surface area contributed by atoms with E-state index in [1.165, 1.54) is 28.0 Å². The van der Waals surface area contributed by atoms with Crippen LogP contribution in [0.5, 0.6) is 5.75 Å². The Hall–Kier alpha value is -4.19. The number of benzene rings is 2. The number of aliphatic hydroxyl groups is 1. The largest absolute Gasteiger partial charge is 0.505 e. The van der Waals surface area contributed by atoms with Crippen molar-refractivity contribution < 1.29 is 19.4 Å². The first-order valence-electron chi connectivity index (χ1n) is 13.5. The number of pyridine rings is 1. The minimum absolute atomic E-state index is 0.0495. The molecule has 1 aliphatic rings. The third-order valence-electron chi connectivity index (χ3n) is 6.92. The third kappa shape index (κ3) is 5.63. The van der Waals surface area contributed by atoms with E-state index in [1.807, 2.05) is 37.3 Å². The lowest BCUT2D eigenvalue weighted by Gasteiger charge is -2.22. The first kappa shape index (κ1) is 28.9. The summed E-state index contributed by atoms with van der Waals surface area (Å²) in [5.74, 6) is -0.632. The first-order valence-corrected chi connectivity index (χ1v) is 15.7. The van der Waals surface area contributed by atoms with Gasteiger partial charge in [0.15, 0.2) is 10.1 Å². The minimum Gasteiger partial charge on any atom is -0.505 e. The number of fused-ring (bicyclic) bond motifs is 1. The second kappa shape index (κ2) is 12.2. The number of thioether (sulfide) groups is 1. The number of halogens is 1. The van der Waals surface area contributed by atoms with Crippen molar-refractivity contribution in [2.75, 3.05) is 11.5 Å². The summed E-state index contributed by atoms with van der Waals surface area (Å²) < 4.78 is 8.08. The SMILES string of the molecule is CCCOc1ccc(C2/C(=C(\O)c3c(C)nc4ccccn34)C(=O)C(=O)N2c2nnc(SCc3ccc(Cl)cc3)s2)cc1. The second-order valence-electron chi connectivity index (χ2n) is 9.83. The monoisotopic (exact) mass is 631 g/mol. The zero-order valence-electron chi connectivity index (χ0n) is 23.2. The number of ketones is 1. The molecule has 2 aromatic carbocycles. The number of nitrogens with zero attached hydrogens (tertiary/aromatic N) is 5. The van der Waals surface area contributed by atoms with Crippen molar-refractivity contribution in [2.45, 2.75) is 36.4 Å². The van der Waals surface area contributed by atoms with Gasteiger partial charge in [0.25, 0.3) is 5.78 Å². The molecule has 0 aliphatic carbocycles. The zero-order valence-corrected chi connectivity index (χ0v) is 25.6. The predicted octanol–water partition coefficient (Wildman–Crippen LogP) is 6.86. The second-order valence-corrected chi connectivity index (χ2v) is 12.4. The Bertz CT molecular complexity index is 1850. The molecule has 3 aromatic heterocycles. The lowest BCUT2D eigenvalue weighted by atomic mass is 9.96. The van der Waals surface area contributed by atoms with Crippen LogP contribution in [0.4, 0.5) is 5.13 Å². The van der Waals surface area contributed by atoms with Crippen molar-refractivity contribution in [2.24, 2.45) is 0 Å². The molecule has 0 spiro atoms. The van der Waals surface area contributed by atoms with Gasteiger partial charge < -0.3 is 9.84 Å². The Labute approximate surface area is 260 Å². The van der Waals surface area contributed by atoms with Crippen molar-refractivity contribution in [3.63, 3.8) is 0 Å². The standard InChI is InChI=1S/C31H26ClN5O4S2/c1-3-16-41-22-13-9-20(10-14-22)26-24(27(38)25-18(2)33-23-6-4-5-15-36(23)25)28(39)29(40)37(26)30-34-35-31(43-30)42-17-19-7-11-21(32)12-8-19/h4-15,26,38H,3,16-17H2,1-2H3/b27-24+. The van der Waals surface area contributed by atoms with Gasteiger partial charge in [0.05, 0.1) is 23.9 Å². The molecule has 1 saturated heterocycles. The van der Waals surface area contributed by atoms with Gasteiger partial charge in [-0.05, 0) is 60.9 Å². The Morgan fingerprint density at radius 1 is 1.07 bits per heavy atom. The van der Waals surface area contributed by atoms with Gasteiger partial charge in [-0.25, -0.2) is 4.98 Å². The predicted molar refractivity (Wildman–Crippen MR) is 168 cm³/mol. The highest BCUT2D eigenvalue weighted by Gasteiger charge is 2.49. The Kier molecular flexibility index (Phi) is 8.20. The van der Waals surface area contributed by atoms with Crippen LogP contribution >= 0.6 is 34.7 Å². The summed E-state index contributed by atoms with van der Waals surface area (Å²) >= 11 is 8.68. The number of carbonyl (C=O) groups is 2. The van der Waals surface area contributed by atoms with Crippen LogP contribution in [0.25, 0.3) is 11.4 Å². The number of ether oxygens (including phenoxy) is 1. The fourth-order valence-corrected chi connectivity index (χ4v) is 6.87. The summed E-state index contributed by atoms with van der Waals surface area (Å²) in [5, 5.41) is 21.2. The van der Waals surface area contributed by atoms with E-state index in [4.69, 9.17) is 16.3 Å². The molecular formula is C31H26ClN5O4S2. The molecule has 1 N–H and O–H groups in total. The van der Waals surface area contributed by atoms with Gasteiger partial charge in [0.2, 0.25) is 5.13 Å². The summed E-state index contributed by atoms with van der Waals surface area (Å²) in [7, 11) is 0. The molecule has 1 atom stereocenters. The Morgan fingerprint density at radius 3 is 2.58 bits per heavy atom. The molecule has 1 unspecified atom stereocenters. The number of carbonyl (C=O) groups excluding carboxylic acids is 2. The summed E-state index contributed by atoms with van der Waals surface area (Å²) in [6.45, 7) is 4.34. The average molecular weight is 632 g/mol. The molecule has 12 heteroatoms. The fourth-order valence-electron chi connectivity index (χ4n) is 4.92. The number of rotatable bonds is 9. The quantitative estimate of drug-likeness (QED) is 0.0618. The highest BCUT2D eigenvalue weighted by molar-refractivity contribution is 8.00. The van der Waals surface area contributed by atoms with Gasteiger partial charge in [-0.1, -0.05) is 72.0 Å². The molecule has 43 heavy (non-hydrogen) atoms. The Morgan fingerprint density at radius 2 is 1.84 bits per heavy atom. The van der Waals surface area contributed by atoms with Gasteiger partial charge in [-0.3, -0.25) is 18.9 Å². The van der Waals surface area contributed by atoms with Crippen LogP contribution in [-0.4, -0.2) is 43.0 Å². The number of hydrogen-bond acceptors (Lipinski definition) is 9. The van der Waals surface area contributed by atoms with Crippen molar-refractivity contribution >= 4 is 62.9 Å². The highest BCUT2D eigenvalue weighted by atomic mass is 35.5. The molecule has 5 aromatic rings. The fraction of sp³-hybridized carbons (Fsp3) is 0.194. The van der Waals surface area contributed by atoms with E-state index in [-0.39, 0.29) is 16.5 Å². The molecule has 6 rings (SSSR count). The van der Waals surface area contributed by atoms with E-state index < -0.39 is 17.7 Å². The van der Waals surface area contributed by atoms with Gasteiger partial charge in [-0.15, -0.1) is 10.2 Å². The number of aryl methyl sites for hydroxylation is 1. The maximum atomic E-state index is 13.7. The molecule has 1 aliphatic heterocycles. The van der Waals surface area contributed by atoms with E-state index in [0.717, 1.165) is 12.0 Å². The van der Waals surface area contributed by atoms with E-state index in [9.17, 15) is 14.7 Å². The molecule has 0 radical (unpaired) electrons. The van der Waals surface area contributed by atoms with Crippen molar-refractivity contribution in [3.8, 4) is 5.75 Å². The number of imidazole rings is 1. The number of hydrogen-bond donors (Lipinski definition) is 1. The lowest BCUT2D eigenvalue weighted by Crippen LogP contribution is -2.29. The molecular weight excluding hydrogens is 606 g/mol. The van der Waals surface area contributed by atoms with Crippen molar-refractivity contribution in [3.05, 3.63) is 106 Å². The lowest BCUT2D eigenvalue weighted by molar-refractivity contribution is -0.132. The van der Waals surface area contributed by atoms with Crippen molar-refractivity contribution in [1.29, 1.82) is 0 Å². The summed E-state index contributed by atoms with van der Waals surface area (Å²) in [6, 6.07) is 19.2. The molecule has 0 saturated carbocycles. The normalized spacial score (nSPS) is 16.3. The molecule has 218 valence electrons. The smallest absolute Gasteiger partial charge is 0.301 e. The molecule has 0 bridgehead atoms. The van der Waals surface area contributed by atoms with Gasteiger partial charge in [0.1, 0.15) is 17.1 Å². The van der Waals surface area contributed by atoms with Gasteiger partial charge >= 0.3 is 5.91 Å². The maximum Gasteiger partial charge on any atom is 0.301 e. The highest BCUT2D eigenvalue weighted by Crippen LogP contribution is 2.44. The van der Waals surface area contributed by atoms with E-state index in [0.29, 0.717) is 50.1 Å².